The van der Waals surface area contributed by atoms with Crippen molar-refractivity contribution >= 4 is 65.2 Å². The van der Waals surface area contributed by atoms with Gasteiger partial charge in [0.2, 0.25) is 0 Å². The second-order valence-electron chi connectivity index (χ2n) is 15.0. The molecule has 0 saturated heterocycles. The molecule has 5 heteroatoms. The summed E-state index contributed by atoms with van der Waals surface area (Å²) >= 11 is 0. The minimum absolute atomic E-state index is 0.590. The Balaban J connectivity index is 1.05. The zero-order chi connectivity index (χ0) is 38.9. The van der Waals surface area contributed by atoms with Crippen LogP contribution in [0.2, 0.25) is 0 Å². The van der Waals surface area contributed by atoms with E-state index in [2.05, 4.69) is 121 Å². The van der Waals surface area contributed by atoms with Gasteiger partial charge in [0, 0.05) is 33.0 Å². The molecule has 59 heavy (non-hydrogen) atoms. The van der Waals surface area contributed by atoms with Gasteiger partial charge in [0.25, 0.3) is 0 Å². The van der Waals surface area contributed by atoms with Gasteiger partial charge in [0.05, 0.1) is 16.6 Å². The summed E-state index contributed by atoms with van der Waals surface area (Å²) in [4.78, 5) is 20.5. The molecule has 3 heterocycles. The third-order valence-corrected chi connectivity index (χ3v) is 11.5. The van der Waals surface area contributed by atoms with Gasteiger partial charge in [-0.15, -0.1) is 0 Å². The fourth-order valence-corrected chi connectivity index (χ4v) is 8.68. The van der Waals surface area contributed by atoms with Crippen molar-refractivity contribution in [2.45, 2.75) is 0 Å². The highest BCUT2D eigenvalue weighted by molar-refractivity contribution is 6.26. The molecule has 0 N–H and O–H groups in total. The van der Waals surface area contributed by atoms with E-state index in [-0.39, 0.29) is 0 Å². The SMILES string of the molecule is c1ccc(-c2nc(-c3ccccc3)nc(-c3cccc(-c4nc5cc(-c6ccc7c8ccccc8c8ccccc8c7c6)ccc5c5oc6ccccc6c45)c3)n2)cc1. The summed E-state index contributed by atoms with van der Waals surface area (Å²) in [6.07, 6.45) is 0. The van der Waals surface area contributed by atoms with Crippen LogP contribution in [0.25, 0.3) is 122 Å². The van der Waals surface area contributed by atoms with Crippen molar-refractivity contribution in [3.05, 3.63) is 194 Å². The first-order valence-electron chi connectivity index (χ1n) is 19.8. The number of furan rings is 1. The van der Waals surface area contributed by atoms with Crippen molar-refractivity contribution < 1.29 is 4.42 Å². The molecule has 12 rings (SSSR count). The van der Waals surface area contributed by atoms with E-state index in [1.807, 2.05) is 72.8 Å². The van der Waals surface area contributed by atoms with Crippen LogP contribution >= 0.6 is 0 Å². The molecule has 9 aromatic carbocycles. The van der Waals surface area contributed by atoms with Gasteiger partial charge in [-0.25, -0.2) is 19.9 Å². The lowest BCUT2D eigenvalue weighted by atomic mass is 9.92. The van der Waals surface area contributed by atoms with Crippen LogP contribution in [-0.4, -0.2) is 19.9 Å². The predicted octanol–water partition coefficient (Wildman–Crippen LogP) is 14.1. The van der Waals surface area contributed by atoms with Crippen LogP contribution in [0.4, 0.5) is 0 Å². The summed E-state index contributed by atoms with van der Waals surface area (Å²) in [5.74, 6) is 1.83. The molecule has 0 aliphatic heterocycles. The molecule has 3 aromatic heterocycles. The van der Waals surface area contributed by atoms with E-state index in [0.29, 0.717) is 17.5 Å². The summed E-state index contributed by atoms with van der Waals surface area (Å²) in [5.41, 5.74) is 9.22. The Hall–Kier alpha value is -8.02. The zero-order valence-corrected chi connectivity index (χ0v) is 31.7. The maximum Gasteiger partial charge on any atom is 0.164 e. The highest BCUT2D eigenvalue weighted by Crippen LogP contribution is 2.42. The Morgan fingerprint density at radius 2 is 0.763 bits per heavy atom. The number of para-hydroxylation sites is 1. The molecule has 0 fully saturated rings. The molecule has 0 aliphatic rings. The number of aromatic nitrogens is 4. The fourth-order valence-electron chi connectivity index (χ4n) is 8.68. The van der Waals surface area contributed by atoms with E-state index in [1.165, 1.54) is 32.3 Å². The number of pyridine rings is 1. The van der Waals surface area contributed by atoms with Gasteiger partial charge in [-0.05, 0) is 73.8 Å². The van der Waals surface area contributed by atoms with Crippen molar-refractivity contribution in [1.82, 2.24) is 19.9 Å². The Bertz CT molecular complexity index is 3520. The van der Waals surface area contributed by atoms with Crippen LogP contribution in [0.1, 0.15) is 0 Å². The number of hydrogen-bond acceptors (Lipinski definition) is 5. The van der Waals surface area contributed by atoms with Crippen molar-refractivity contribution in [3.63, 3.8) is 0 Å². The van der Waals surface area contributed by atoms with Gasteiger partial charge in [-0.1, -0.05) is 164 Å². The molecule has 0 bridgehead atoms. The molecule has 0 aliphatic carbocycles. The maximum atomic E-state index is 6.69. The van der Waals surface area contributed by atoms with E-state index >= 15 is 0 Å². The summed E-state index contributed by atoms with van der Waals surface area (Å²) < 4.78 is 6.69. The number of hydrogen-bond donors (Lipinski definition) is 0. The first-order valence-corrected chi connectivity index (χ1v) is 19.8. The van der Waals surface area contributed by atoms with Gasteiger partial charge in [-0.2, -0.15) is 0 Å². The minimum Gasteiger partial charge on any atom is -0.455 e. The third-order valence-electron chi connectivity index (χ3n) is 11.5. The number of nitrogens with zero attached hydrogens (tertiary/aromatic N) is 4. The average Bonchev–Trinajstić information content (AvgIpc) is 3.71. The monoisotopic (exact) mass is 752 g/mol. The third kappa shape index (κ3) is 5.47. The summed E-state index contributed by atoms with van der Waals surface area (Å²) in [6.45, 7) is 0. The van der Waals surface area contributed by atoms with Gasteiger partial charge in [-0.3, -0.25) is 0 Å². The fraction of sp³-hybridized carbons (Fsp3) is 0. The van der Waals surface area contributed by atoms with Gasteiger partial charge < -0.3 is 4.42 Å². The Kier molecular flexibility index (Phi) is 7.47. The number of rotatable bonds is 5. The van der Waals surface area contributed by atoms with Crippen molar-refractivity contribution in [2.75, 3.05) is 0 Å². The van der Waals surface area contributed by atoms with Crippen LogP contribution in [0.15, 0.2) is 199 Å². The second-order valence-corrected chi connectivity index (χ2v) is 15.0. The zero-order valence-electron chi connectivity index (χ0n) is 31.7. The first-order chi connectivity index (χ1) is 29.2. The summed E-state index contributed by atoms with van der Waals surface area (Å²) in [6, 6.07) is 67.5. The molecule has 0 radical (unpaired) electrons. The summed E-state index contributed by atoms with van der Waals surface area (Å²) in [5, 5.41) is 10.5. The van der Waals surface area contributed by atoms with Crippen molar-refractivity contribution in [1.29, 1.82) is 0 Å². The Labute approximate surface area is 338 Å². The Morgan fingerprint density at radius 3 is 1.41 bits per heavy atom. The quantitative estimate of drug-likeness (QED) is 0.164. The molecule has 274 valence electrons. The van der Waals surface area contributed by atoms with Gasteiger partial charge >= 0.3 is 0 Å². The minimum atomic E-state index is 0.590. The molecule has 0 amide bonds. The molecule has 5 nitrogen and oxygen atoms in total. The number of fused-ring (bicyclic) bond motifs is 11. The topological polar surface area (TPSA) is 64.7 Å². The summed E-state index contributed by atoms with van der Waals surface area (Å²) in [7, 11) is 0. The molecular formula is C54H32N4O. The molecular weight excluding hydrogens is 721 g/mol. The van der Waals surface area contributed by atoms with Crippen LogP contribution in [0, 0.1) is 0 Å². The standard InChI is InChI=1S/C54H32N4O/c1-3-14-33(15-4-1)52-56-53(34-16-5-2-6-17-34)58-54(57-52)38-19-13-18-37(30-38)50-49-45-24-11-12-25-48(45)59-51(49)44-29-27-36(32-47(44)55-50)35-26-28-43-41-22-8-7-20-39(41)40-21-9-10-23-42(40)46(43)31-35/h1-32H. The van der Waals surface area contributed by atoms with Crippen LogP contribution in [-0.2, 0) is 0 Å². The molecule has 0 unspecified atom stereocenters. The van der Waals surface area contributed by atoms with Crippen LogP contribution in [0.5, 0.6) is 0 Å². The van der Waals surface area contributed by atoms with Crippen LogP contribution < -0.4 is 0 Å². The lowest BCUT2D eigenvalue weighted by Gasteiger charge is -2.13. The number of benzene rings is 9. The largest absolute Gasteiger partial charge is 0.455 e. The van der Waals surface area contributed by atoms with Crippen molar-refractivity contribution in [2.24, 2.45) is 0 Å². The maximum absolute atomic E-state index is 6.69. The van der Waals surface area contributed by atoms with E-state index < -0.39 is 0 Å². The molecule has 0 spiro atoms. The molecule has 0 atom stereocenters. The highest BCUT2D eigenvalue weighted by Gasteiger charge is 2.20. The lowest BCUT2D eigenvalue weighted by Crippen LogP contribution is -2.00. The van der Waals surface area contributed by atoms with Crippen molar-refractivity contribution in [3.8, 4) is 56.5 Å². The molecule has 12 aromatic rings. The highest BCUT2D eigenvalue weighted by atomic mass is 16.3. The van der Waals surface area contributed by atoms with E-state index in [1.54, 1.807) is 0 Å². The van der Waals surface area contributed by atoms with E-state index in [4.69, 9.17) is 24.4 Å². The predicted molar refractivity (Wildman–Crippen MR) is 242 cm³/mol. The van der Waals surface area contributed by atoms with Gasteiger partial charge in [0.1, 0.15) is 11.2 Å². The molecule has 0 saturated carbocycles. The average molecular weight is 753 g/mol. The lowest BCUT2D eigenvalue weighted by molar-refractivity contribution is 0.672. The van der Waals surface area contributed by atoms with E-state index in [9.17, 15) is 0 Å². The Morgan fingerprint density at radius 1 is 0.288 bits per heavy atom. The smallest absolute Gasteiger partial charge is 0.164 e. The normalized spacial score (nSPS) is 11.7. The van der Waals surface area contributed by atoms with Gasteiger partial charge in [0.15, 0.2) is 17.5 Å². The van der Waals surface area contributed by atoms with Crippen LogP contribution in [0.3, 0.4) is 0 Å². The second kappa shape index (κ2) is 13.3. The first kappa shape index (κ1) is 33.2. The van der Waals surface area contributed by atoms with E-state index in [0.717, 1.165) is 71.9 Å².